The zero-order valence-corrected chi connectivity index (χ0v) is 11.6. The Morgan fingerprint density at radius 3 is 2.70 bits per heavy atom. The van der Waals surface area contributed by atoms with Crippen LogP contribution in [0.2, 0.25) is 0 Å². The molecule has 6 nitrogen and oxygen atoms in total. The van der Waals surface area contributed by atoms with Crippen molar-refractivity contribution in [2.45, 2.75) is 36.6 Å². The fraction of sp³-hybridized carbons (Fsp3) is 0.700. The van der Waals surface area contributed by atoms with E-state index in [1.165, 1.54) is 6.20 Å². The van der Waals surface area contributed by atoms with E-state index in [1.54, 1.807) is 0 Å². The van der Waals surface area contributed by atoms with Gasteiger partial charge in [-0.25, -0.2) is 8.42 Å². The van der Waals surface area contributed by atoms with E-state index < -0.39 is 22.7 Å². The van der Waals surface area contributed by atoms with Crippen molar-refractivity contribution in [3.8, 4) is 0 Å². The molecular weight excluding hydrogens is 297 g/mol. The van der Waals surface area contributed by atoms with Crippen LogP contribution in [0.4, 0.5) is 13.2 Å². The standard InChI is InChI=1S/C10H15F3N4O2S/c1-17(6-10(11,12)13)20(18,19)9-7(5-15-16-9)4-14-8-2-3-8/h5,8,14H,2-4,6H2,1H3,(H,15,16). The lowest BCUT2D eigenvalue weighted by Gasteiger charge is -2.18. The Morgan fingerprint density at radius 2 is 2.15 bits per heavy atom. The summed E-state index contributed by atoms with van der Waals surface area (Å²) in [5.41, 5.74) is 0.339. The molecule has 0 aromatic carbocycles. The van der Waals surface area contributed by atoms with Crippen molar-refractivity contribution in [3.05, 3.63) is 11.8 Å². The highest BCUT2D eigenvalue weighted by Gasteiger charge is 2.36. The van der Waals surface area contributed by atoms with Gasteiger partial charge in [0.1, 0.15) is 6.54 Å². The lowest BCUT2D eigenvalue weighted by molar-refractivity contribution is -0.134. The number of nitrogens with zero attached hydrogens (tertiary/aromatic N) is 2. The Balaban J connectivity index is 2.13. The first-order chi connectivity index (χ1) is 9.20. The van der Waals surface area contributed by atoms with Gasteiger partial charge < -0.3 is 5.32 Å². The summed E-state index contributed by atoms with van der Waals surface area (Å²) in [6.07, 6.45) is -1.24. The van der Waals surface area contributed by atoms with E-state index in [1.807, 2.05) is 0 Å². The van der Waals surface area contributed by atoms with E-state index >= 15 is 0 Å². The number of aromatic amines is 1. The van der Waals surface area contributed by atoms with Crippen LogP contribution in [0.5, 0.6) is 0 Å². The van der Waals surface area contributed by atoms with Crippen molar-refractivity contribution in [2.24, 2.45) is 0 Å². The topological polar surface area (TPSA) is 78.1 Å². The molecule has 0 aliphatic heterocycles. The van der Waals surface area contributed by atoms with E-state index in [0.29, 0.717) is 11.6 Å². The second kappa shape index (κ2) is 5.34. The molecule has 1 aromatic rings. The maximum atomic E-state index is 12.3. The first-order valence-electron chi connectivity index (χ1n) is 5.99. The number of hydrogen-bond donors (Lipinski definition) is 2. The van der Waals surface area contributed by atoms with Gasteiger partial charge in [0, 0.05) is 25.2 Å². The Hall–Kier alpha value is -1.13. The summed E-state index contributed by atoms with van der Waals surface area (Å²) in [6, 6.07) is 0.355. The second-order valence-electron chi connectivity index (χ2n) is 4.76. The van der Waals surface area contributed by atoms with Crippen LogP contribution in [0.15, 0.2) is 11.2 Å². The molecule has 2 rings (SSSR count). The number of hydrogen-bond acceptors (Lipinski definition) is 4. The molecule has 1 aliphatic rings. The van der Waals surface area contributed by atoms with Crippen LogP contribution in [0.1, 0.15) is 18.4 Å². The lowest BCUT2D eigenvalue weighted by atomic mass is 10.3. The summed E-state index contributed by atoms with van der Waals surface area (Å²) in [7, 11) is -3.34. The fourth-order valence-corrected chi connectivity index (χ4v) is 2.94. The van der Waals surface area contributed by atoms with Crippen LogP contribution in [0.25, 0.3) is 0 Å². The van der Waals surface area contributed by atoms with Crippen molar-refractivity contribution in [3.63, 3.8) is 0 Å². The van der Waals surface area contributed by atoms with E-state index in [4.69, 9.17) is 0 Å². The Bertz CT molecular complexity index is 565. The quantitative estimate of drug-likeness (QED) is 0.816. The van der Waals surface area contributed by atoms with Gasteiger partial charge in [-0.1, -0.05) is 0 Å². The predicted octanol–water partition coefficient (Wildman–Crippen LogP) is 0.844. The molecule has 2 N–H and O–H groups in total. The van der Waals surface area contributed by atoms with Crippen LogP contribution in [0.3, 0.4) is 0 Å². The van der Waals surface area contributed by atoms with Crippen LogP contribution >= 0.6 is 0 Å². The zero-order chi connectivity index (χ0) is 15.0. The molecule has 0 saturated heterocycles. The number of nitrogens with one attached hydrogen (secondary N) is 2. The monoisotopic (exact) mass is 312 g/mol. The summed E-state index contributed by atoms with van der Waals surface area (Å²) in [5.74, 6) is 0. The molecule has 0 atom stereocenters. The third-order valence-electron chi connectivity index (χ3n) is 2.91. The van der Waals surface area contributed by atoms with Crippen LogP contribution in [0, 0.1) is 0 Å². The average molecular weight is 312 g/mol. The number of aromatic nitrogens is 2. The normalized spacial score (nSPS) is 16.9. The van der Waals surface area contributed by atoms with Crippen molar-refractivity contribution in [1.82, 2.24) is 19.8 Å². The Labute approximate surface area is 114 Å². The van der Waals surface area contributed by atoms with E-state index in [-0.39, 0.29) is 15.9 Å². The summed E-state index contributed by atoms with van der Waals surface area (Å²) >= 11 is 0. The molecule has 0 spiro atoms. The lowest BCUT2D eigenvalue weighted by Crippen LogP contribution is -2.36. The van der Waals surface area contributed by atoms with Gasteiger partial charge >= 0.3 is 6.18 Å². The summed E-state index contributed by atoms with van der Waals surface area (Å²) in [4.78, 5) is 0. The average Bonchev–Trinajstić information content (AvgIpc) is 3.00. The number of H-pyrrole nitrogens is 1. The molecule has 20 heavy (non-hydrogen) atoms. The molecule has 0 radical (unpaired) electrons. The van der Waals surface area contributed by atoms with Gasteiger partial charge in [-0.05, 0) is 12.8 Å². The van der Waals surface area contributed by atoms with Gasteiger partial charge in [-0.15, -0.1) is 0 Å². The molecule has 1 heterocycles. The van der Waals surface area contributed by atoms with Gasteiger partial charge in [0.15, 0.2) is 5.03 Å². The Kier molecular flexibility index (Phi) is 4.07. The fourth-order valence-electron chi connectivity index (χ4n) is 1.68. The molecule has 1 saturated carbocycles. The largest absolute Gasteiger partial charge is 0.402 e. The molecular formula is C10H15F3N4O2S. The van der Waals surface area contributed by atoms with E-state index in [9.17, 15) is 21.6 Å². The van der Waals surface area contributed by atoms with Gasteiger partial charge in [-0.2, -0.15) is 22.6 Å². The number of rotatable bonds is 6. The number of halogens is 3. The molecule has 10 heteroatoms. The summed E-state index contributed by atoms with van der Waals surface area (Å²) in [5, 5.41) is 8.68. The van der Waals surface area contributed by atoms with Crippen molar-refractivity contribution >= 4 is 10.0 Å². The van der Waals surface area contributed by atoms with Crippen LogP contribution in [-0.4, -0.2) is 48.7 Å². The SMILES string of the molecule is CN(CC(F)(F)F)S(=O)(=O)c1[nH]ncc1CNC1CC1. The van der Waals surface area contributed by atoms with Gasteiger partial charge in [0.05, 0.1) is 6.20 Å². The van der Waals surface area contributed by atoms with Gasteiger partial charge in [0.25, 0.3) is 10.0 Å². The highest BCUT2D eigenvalue weighted by Crippen LogP contribution is 2.23. The van der Waals surface area contributed by atoms with Crippen molar-refractivity contribution in [2.75, 3.05) is 13.6 Å². The third kappa shape index (κ3) is 3.70. The van der Waals surface area contributed by atoms with Gasteiger partial charge in [0.2, 0.25) is 0 Å². The van der Waals surface area contributed by atoms with Crippen LogP contribution in [-0.2, 0) is 16.6 Å². The third-order valence-corrected chi connectivity index (χ3v) is 4.73. The minimum absolute atomic E-state index is 0.260. The molecule has 0 bridgehead atoms. The zero-order valence-electron chi connectivity index (χ0n) is 10.7. The molecule has 1 aliphatic carbocycles. The molecule has 114 valence electrons. The minimum atomic E-state index is -4.59. The van der Waals surface area contributed by atoms with Crippen molar-refractivity contribution < 1.29 is 21.6 Å². The van der Waals surface area contributed by atoms with Crippen molar-refractivity contribution in [1.29, 1.82) is 0 Å². The maximum Gasteiger partial charge on any atom is 0.402 e. The molecule has 0 unspecified atom stereocenters. The molecule has 0 amide bonds. The van der Waals surface area contributed by atoms with E-state index in [2.05, 4.69) is 15.5 Å². The predicted molar refractivity (Wildman–Crippen MR) is 64.3 cm³/mol. The second-order valence-corrected chi connectivity index (χ2v) is 6.74. The molecule has 1 fully saturated rings. The first kappa shape index (κ1) is 15.3. The number of sulfonamides is 1. The summed E-state index contributed by atoms with van der Waals surface area (Å²) in [6.45, 7) is -1.28. The minimum Gasteiger partial charge on any atom is -0.310 e. The molecule has 1 aromatic heterocycles. The Morgan fingerprint density at radius 1 is 1.50 bits per heavy atom. The van der Waals surface area contributed by atoms with Gasteiger partial charge in [-0.3, -0.25) is 5.10 Å². The number of alkyl halides is 3. The van der Waals surface area contributed by atoms with E-state index in [0.717, 1.165) is 19.9 Å². The highest BCUT2D eigenvalue weighted by atomic mass is 32.2. The van der Waals surface area contributed by atoms with Crippen LogP contribution < -0.4 is 5.32 Å². The first-order valence-corrected chi connectivity index (χ1v) is 7.43. The maximum absolute atomic E-state index is 12.3. The highest BCUT2D eigenvalue weighted by molar-refractivity contribution is 7.89. The smallest absolute Gasteiger partial charge is 0.310 e. The summed E-state index contributed by atoms with van der Waals surface area (Å²) < 4.78 is 61.3.